The lowest BCUT2D eigenvalue weighted by Crippen LogP contribution is -2.30. The molecule has 3 N–H and O–H groups in total. The minimum Gasteiger partial charge on any atom is -0.462 e. The molecule has 0 aromatic heterocycles. The SMILES string of the molecule is CCC(C)CCCCCCCCCCCCCCCCC(=O)OC[C@H](COP(=O)(O)OC[C@@H](O)COP(=O)(O)OC[C@@H](COC(=O)CCCCCCCCC(C)C)OC(=O)CCCCCCCCCCCCCC(C)C)OC(=O)CCCCCCCCCCCCC(C)C. The highest BCUT2D eigenvalue weighted by Gasteiger charge is 2.30. The number of aliphatic hydroxyl groups is 1. The Morgan fingerprint density at radius 3 is 0.755 bits per heavy atom. The van der Waals surface area contributed by atoms with Gasteiger partial charge in [0, 0.05) is 25.7 Å². The molecule has 0 aromatic carbocycles. The fraction of sp³-hybridized carbons (Fsp3) is 0.947. The zero-order valence-electron chi connectivity index (χ0n) is 61.6. The summed E-state index contributed by atoms with van der Waals surface area (Å²) >= 11 is 0. The molecule has 0 aliphatic heterocycles. The Balaban J connectivity index is 5.22. The van der Waals surface area contributed by atoms with E-state index < -0.39 is 97.5 Å². The van der Waals surface area contributed by atoms with E-state index in [1.807, 2.05) is 0 Å². The van der Waals surface area contributed by atoms with Crippen LogP contribution in [0.4, 0.5) is 0 Å². The summed E-state index contributed by atoms with van der Waals surface area (Å²) in [6.45, 7) is 14.2. The van der Waals surface area contributed by atoms with E-state index in [2.05, 4.69) is 55.4 Å². The third-order valence-corrected chi connectivity index (χ3v) is 19.6. The monoisotopic (exact) mass is 1380 g/mol. The molecule has 0 aliphatic carbocycles. The number of rotatable bonds is 72. The number of hydrogen-bond acceptors (Lipinski definition) is 15. The van der Waals surface area contributed by atoms with Gasteiger partial charge in [0.1, 0.15) is 19.3 Å². The summed E-state index contributed by atoms with van der Waals surface area (Å²) in [6.07, 6.45) is 48.7. The highest BCUT2D eigenvalue weighted by molar-refractivity contribution is 7.47. The van der Waals surface area contributed by atoms with Gasteiger partial charge in [0.25, 0.3) is 0 Å². The standard InChI is InChI=1S/C75H146O17P2/c1-9-68(8)54-46-38-29-23-16-12-10-11-13-17-24-30-39-47-55-72(77)85-61-70(91-75(80)58-50-42-32-26-20-19-22-28-36-44-52-66(4)5)63-89-93(81,82)87-59-69(76)60-88-94(83,84)90-64-71(62-86-73(78)56-48-40-34-33-37-45-53-67(6)7)92-74(79)57-49-41-31-25-18-14-15-21-27-35-43-51-65(2)3/h65-71,76H,9-64H2,1-8H3,(H,81,82)(H,83,84)/t68?,69-,70-,71-/m1/s1. The molecule has 0 saturated heterocycles. The maximum Gasteiger partial charge on any atom is 0.472 e. The van der Waals surface area contributed by atoms with Gasteiger partial charge >= 0.3 is 39.5 Å². The van der Waals surface area contributed by atoms with Gasteiger partial charge in [-0.25, -0.2) is 9.13 Å². The second-order valence-corrected chi connectivity index (χ2v) is 31.6. The minimum absolute atomic E-state index is 0.105. The van der Waals surface area contributed by atoms with E-state index in [0.717, 1.165) is 114 Å². The summed E-state index contributed by atoms with van der Waals surface area (Å²) in [5, 5.41) is 10.6. The van der Waals surface area contributed by atoms with Crippen LogP contribution in [-0.2, 0) is 65.4 Å². The molecule has 0 bridgehead atoms. The molecule has 94 heavy (non-hydrogen) atoms. The predicted octanol–water partition coefficient (Wildman–Crippen LogP) is 21.7. The van der Waals surface area contributed by atoms with E-state index >= 15 is 0 Å². The van der Waals surface area contributed by atoms with Gasteiger partial charge in [0.2, 0.25) is 0 Å². The molecule has 0 heterocycles. The summed E-state index contributed by atoms with van der Waals surface area (Å²) in [7, 11) is -9.91. The first-order valence-corrected chi connectivity index (χ1v) is 41.7. The maximum atomic E-state index is 13.1. The number of aliphatic hydroxyl groups excluding tert-OH is 1. The van der Waals surface area contributed by atoms with Crippen molar-refractivity contribution in [2.24, 2.45) is 23.7 Å². The number of phosphoric ester groups is 2. The van der Waals surface area contributed by atoms with Gasteiger partial charge in [-0.3, -0.25) is 37.3 Å². The molecule has 0 aliphatic rings. The number of ether oxygens (including phenoxy) is 4. The number of unbranched alkanes of at least 4 members (excludes halogenated alkanes) is 37. The molecule has 17 nitrogen and oxygen atoms in total. The molecular formula is C75H146O17P2. The predicted molar refractivity (Wildman–Crippen MR) is 381 cm³/mol. The van der Waals surface area contributed by atoms with E-state index in [-0.39, 0.29) is 25.7 Å². The number of phosphoric acid groups is 2. The largest absolute Gasteiger partial charge is 0.472 e. The lowest BCUT2D eigenvalue weighted by molar-refractivity contribution is -0.161. The second kappa shape index (κ2) is 64.4. The van der Waals surface area contributed by atoms with E-state index in [0.29, 0.717) is 31.6 Å². The fourth-order valence-corrected chi connectivity index (χ4v) is 12.9. The van der Waals surface area contributed by atoms with E-state index in [1.165, 1.54) is 173 Å². The van der Waals surface area contributed by atoms with Crippen LogP contribution in [0.25, 0.3) is 0 Å². The third kappa shape index (κ3) is 67.3. The van der Waals surface area contributed by atoms with Crippen molar-refractivity contribution in [3.8, 4) is 0 Å². The topological polar surface area (TPSA) is 237 Å². The Labute approximate surface area is 575 Å². The quantitative estimate of drug-likeness (QED) is 0.0222. The molecule has 3 unspecified atom stereocenters. The first-order valence-electron chi connectivity index (χ1n) is 38.7. The number of esters is 4. The van der Waals surface area contributed by atoms with E-state index in [9.17, 15) is 43.2 Å². The Bertz CT molecular complexity index is 1850. The van der Waals surface area contributed by atoms with Gasteiger partial charge in [0.15, 0.2) is 12.2 Å². The molecule has 0 rings (SSSR count). The van der Waals surface area contributed by atoms with Crippen LogP contribution in [0.5, 0.6) is 0 Å². The van der Waals surface area contributed by atoms with Crippen LogP contribution in [0, 0.1) is 23.7 Å². The number of carbonyl (C=O) groups excluding carboxylic acids is 4. The number of hydrogen-bond donors (Lipinski definition) is 3. The van der Waals surface area contributed by atoms with Crippen molar-refractivity contribution in [3.63, 3.8) is 0 Å². The van der Waals surface area contributed by atoms with Gasteiger partial charge in [-0.05, 0) is 49.4 Å². The summed E-state index contributed by atoms with van der Waals surface area (Å²) in [4.78, 5) is 72.7. The second-order valence-electron chi connectivity index (χ2n) is 28.7. The van der Waals surface area contributed by atoms with Crippen molar-refractivity contribution in [2.75, 3.05) is 39.6 Å². The third-order valence-electron chi connectivity index (χ3n) is 17.7. The normalized spacial score (nSPS) is 14.4. The fourth-order valence-electron chi connectivity index (χ4n) is 11.3. The van der Waals surface area contributed by atoms with Gasteiger partial charge in [-0.15, -0.1) is 0 Å². The molecule has 0 radical (unpaired) electrons. The van der Waals surface area contributed by atoms with Crippen molar-refractivity contribution in [2.45, 2.75) is 395 Å². The lowest BCUT2D eigenvalue weighted by Gasteiger charge is -2.21. The highest BCUT2D eigenvalue weighted by atomic mass is 31.2. The molecule has 558 valence electrons. The van der Waals surface area contributed by atoms with Crippen LogP contribution in [-0.4, -0.2) is 96.7 Å². The van der Waals surface area contributed by atoms with Crippen molar-refractivity contribution < 1.29 is 80.2 Å². The summed E-state index contributed by atoms with van der Waals surface area (Å²) in [6, 6.07) is 0. The first kappa shape index (κ1) is 92.1. The first-order chi connectivity index (χ1) is 45.1. The molecule has 19 heteroatoms. The van der Waals surface area contributed by atoms with Crippen LogP contribution in [0.15, 0.2) is 0 Å². The molecule has 0 saturated carbocycles. The highest BCUT2D eigenvalue weighted by Crippen LogP contribution is 2.45. The molecular weight excluding hydrogens is 1230 g/mol. The maximum absolute atomic E-state index is 13.1. The van der Waals surface area contributed by atoms with Crippen molar-refractivity contribution in [1.29, 1.82) is 0 Å². The van der Waals surface area contributed by atoms with Crippen LogP contribution in [0.1, 0.15) is 376 Å². The van der Waals surface area contributed by atoms with Crippen LogP contribution in [0.2, 0.25) is 0 Å². The van der Waals surface area contributed by atoms with Crippen LogP contribution >= 0.6 is 15.6 Å². The molecule has 6 atom stereocenters. The van der Waals surface area contributed by atoms with Gasteiger partial charge < -0.3 is 33.8 Å². The molecule has 0 aromatic rings. The Morgan fingerprint density at radius 1 is 0.298 bits per heavy atom. The summed E-state index contributed by atoms with van der Waals surface area (Å²) in [5.41, 5.74) is 0. The van der Waals surface area contributed by atoms with E-state index in [1.54, 1.807) is 0 Å². The molecule has 0 fully saturated rings. The summed E-state index contributed by atoms with van der Waals surface area (Å²) < 4.78 is 68.5. The average Bonchev–Trinajstić information content (AvgIpc) is 1.69. The summed E-state index contributed by atoms with van der Waals surface area (Å²) in [5.74, 6) is 0.923. The van der Waals surface area contributed by atoms with Crippen molar-refractivity contribution in [1.82, 2.24) is 0 Å². The van der Waals surface area contributed by atoms with Gasteiger partial charge in [-0.1, -0.05) is 325 Å². The Morgan fingerprint density at radius 2 is 0.511 bits per heavy atom. The lowest BCUT2D eigenvalue weighted by atomic mass is 9.99. The van der Waals surface area contributed by atoms with Gasteiger partial charge in [-0.2, -0.15) is 0 Å². The van der Waals surface area contributed by atoms with Crippen molar-refractivity contribution in [3.05, 3.63) is 0 Å². The van der Waals surface area contributed by atoms with Crippen molar-refractivity contribution >= 4 is 39.5 Å². The minimum atomic E-state index is -4.96. The van der Waals surface area contributed by atoms with Crippen LogP contribution in [0.3, 0.4) is 0 Å². The molecule has 0 amide bonds. The number of carbonyl (C=O) groups is 4. The Kier molecular flexibility index (Phi) is 63.1. The van der Waals surface area contributed by atoms with Gasteiger partial charge in [0.05, 0.1) is 26.4 Å². The van der Waals surface area contributed by atoms with Crippen LogP contribution < -0.4 is 0 Å². The zero-order valence-corrected chi connectivity index (χ0v) is 63.4. The smallest absolute Gasteiger partial charge is 0.462 e. The Hall–Kier alpha value is -1.94. The average molecular weight is 1380 g/mol. The van der Waals surface area contributed by atoms with E-state index in [4.69, 9.17) is 37.0 Å². The molecule has 0 spiro atoms. The zero-order chi connectivity index (χ0) is 69.6.